The highest BCUT2D eigenvalue weighted by Gasteiger charge is 2.30. The molecule has 102 valence electrons. The topological polar surface area (TPSA) is 25.2 Å². The molecule has 3 rings (SSSR count). The van der Waals surface area contributed by atoms with Gasteiger partial charge in [-0.15, -0.1) is 0 Å². The molecule has 0 atom stereocenters. The number of hydrogen-bond donors (Lipinski definition) is 0. The highest BCUT2D eigenvalue weighted by molar-refractivity contribution is 6.14. The molecule has 0 fully saturated rings. The predicted octanol–water partition coefficient (Wildman–Crippen LogP) is 3.49. The Morgan fingerprint density at radius 3 is 2.45 bits per heavy atom. The second kappa shape index (κ2) is 4.74. The molecule has 5 heteroatoms. The van der Waals surface area contributed by atoms with Gasteiger partial charge in [-0.2, -0.15) is 13.2 Å². The molecule has 0 saturated carbocycles. The molecule has 20 heavy (non-hydrogen) atoms. The van der Waals surface area contributed by atoms with Crippen molar-refractivity contribution >= 4 is 5.71 Å². The van der Waals surface area contributed by atoms with Gasteiger partial charge >= 0.3 is 6.18 Å². The SMILES string of the molecule is FC(F)(F)c1ccc(C2=NCCc3cnccc32)cc1. The monoisotopic (exact) mass is 276 g/mol. The molecule has 2 heterocycles. The average Bonchev–Trinajstić information content (AvgIpc) is 2.46. The largest absolute Gasteiger partial charge is 0.416 e. The van der Waals surface area contributed by atoms with Crippen LogP contribution in [-0.2, 0) is 12.6 Å². The predicted molar refractivity (Wildman–Crippen MR) is 69.9 cm³/mol. The summed E-state index contributed by atoms with van der Waals surface area (Å²) in [6.07, 6.45) is -0.0418. The van der Waals surface area contributed by atoms with Crippen LogP contribution in [0.4, 0.5) is 13.2 Å². The minimum absolute atomic E-state index is 0.634. The van der Waals surface area contributed by atoms with E-state index in [0.717, 1.165) is 35.4 Å². The molecule has 0 spiro atoms. The van der Waals surface area contributed by atoms with Gasteiger partial charge in [-0.3, -0.25) is 9.98 Å². The molecule has 1 aliphatic heterocycles. The summed E-state index contributed by atoms with van der Waals surface area (Å²) in [4.78, 5) is 8.51. The molecule has 1 aliphatic rings. The fourth-order valence-corrected chi connectivity index (χ4v) is 2.29. The summed E-state index contributed by atoms with van der Waals surface area (Å²) in [5, 5.41) is 0. The molecule has 0 unspecified atom stereocenters. The normalized spacial score (nSPS) is 14.7. The van der Waals surface area contributed by atoms with Crippen molar-refractivity contribution in [3.63, 3.8) is 0 Å². The Morgan fingerprint density at radius 1 is 1.00 bits per heavy atom. The molecule has 1 aromatic carbocycles. The highest BCUT2D eigenvalue weighted by atomic mass is 19.4. The van der Waals surface area contributed by atoms with Crippen LogP contribution in [0.25, 0.3) is 0 Å². The number of nitrogens with zero attached hydrogens (tertiary/aromatic N) is 2. The van der Waals surface area contributed by atoms with Gasteiger partial charge in [0, 0.05) is 30.1 Å². The van der Waals surface area contributed by atoms with Gasteiger partial charge in [0.2, 0.25) is 0 Å². The zero-order valence-electron chi connectivity index (χ0n) is 10.5. The van der Waals surface area contributed by atoms with Crippen LogP contribution < -0.4 is 0 Å². The maximum absolute atomic E-state index is 12.6. The van der Waals surface area contributed by atoms with Gasteiger partial charge in [-0.05, 0) is 30.2 Å². The minimum Gasteiger partial charge on any atom is -0.284 e. The number of halogens is 3. The van der Waals surface area contributed by atoms with Gasteiger partial charge in [0.25, 0.3) is 0 Å². The van der Waals surface area contributed by atoms with E-state index in [4.69, 9.17) is 0 Å². The van der Waals surface area contributed by atoms with E-state index in [1.54, 1.807) is 12.4 Å². The quantitative estimate of drug-likeness (QED) is 0.782. The van der Waals surface area contributed by atoms with Crippen molar-refractivity contribution in [2.45, 2.75) is 12.6 Å². The maximum Gasteiger partial charge on any atom is 0.416 e. The van der Waals surface area contributed by atoms with Crippen molar-refractivity contribution < 1.29 is 13.2 Å². The van der Waals surface area contributed by atoms with E-state index >= 15 is 0 Å². The van der Waals surface area contributed by atoms with Gasteiger partial charge < -0.3 is 0 Å². The summed E-state index contributed by atoms with van der Waals surface area (Å²) in [5.74, 6) is 0. The van der Waals surface area contributed by atoms with E-state index < -0.39 is 11.7 Å². The van der Waals surface area contributed by atoms with E-state index in [2.05, 4.69) is 9.98 Å². The van der Waals surface area contributed by atoms with Crippen LogP contribution >= 0.6 is 0 Å². The third kappa shape index (κ3) is 2.31. The number of aromatic nitrogens is 1. The molecular formula is C15H11F3N2. The average molecular weight is 276 g/mol. The van der Waals surface area contributed by atoms with E-state index in [-0.39, 0.29) is 0 Å². The van der Waals surface area contributed by atoms with Crippen LogP contribution in [0.5, 0.6) is 0 Å². The smallest absolute Gasteiger partial charge is 0.284 e. The van der Waals surface area contributed by atoms with Crippen LogP contribution in [0.15, 0.2) is 47.7 Å². The summed E-state index contributed by atoms with van der Waals surface area (Å²) in [6.45, 7) is 0.634. The van der Waals surface area contributed by atoms with Crippen molar-refractivity contribution in [1.82, 2.24) is 4.98 Å². The third-order valence-electron chi connectivity index (χ3n) is 3.30. The first-order valence-corrected chi connectivity index (χ1v) is 6.21. The number of fused-ring (bicyclic) bond motifs is 1. The summed E-state index contributed by atoms with van der Waals surface area (Å²) in [5.41, 5.74) is 2.82. The fourth-order valence-electron chi connectivity index (χ4n) is 2.29. The Balaban J connectivity index is 2.00. The summed E-state index contributed by atoms with van der Waals surface area (Å²) in [6, 6.07) is 6.97. The van der Waals surface area contributed by atoms with E-state index in [1.165, 1.54) is 12.1 Å². The Morgan fingerprint density at radius 2 is 1.75 bits per heavy atom. The van der Waals surface area contributed by atoms with Gasteiger partial charge in [0.1, 0.15) is 0 Å². The molecule has 0 bridgehead atoms. The number of rotatable bonds is 1. The third-order valence-corrected chi connectivity index (χ3v) is 3.30. The van der Waals surface area contributed by atoms with Crippen LogP contribution in [0.2, 0.25) is 0 Å². The summed E-state index contributed by atoms with van der Waals surface area (Å²) < 4.78 is 37.7. The molecule has 2 nitrogen and oxygen atoms in total. The van der Waals surface area contributed by atoms with Gasteiger partial charge in [0.15, 0.2) is 0 Å². The molecule has 0 saturated heterocycles. The summed E-state index contributed by atoms with van der Waals surface area (Å²) >= 11 is 0. The first kappa shape index (κ1) is 12.8. The Bertz CT molecular complexity index is 658. The summed E-state index contributed by atoms with van der Waals surface area (Å²) in [7, 11) is 0. The van der Waals surface area contributed by atoms with Crippen molar-refractivity contribution in [3.05, 3.63) is 65.0 Å². The van der Waals surface area contributed by atoms with Crippen molar-refractivity contribution in [1.29, 1.82) is 0 Å². The Kier molecular flexibility index (Phi) is 3.04. The lowest BCUT2D eigenvalue weighted by Crippen LogP contribution is -2.14. The van der Waals surface area contributed by atoms with Gasteiger partial charge in [0.05, 0.1) is 11.3 Å². The number of hydrogen-bond acceptors (Lipinski definition) is 2. The highest BCUT2D eigenvalue weighted by Crippen LogP contribution is 2.30. The maximum atomic E-state index is 12.6. The van der Waals surface area contributed by atoms with Crippen LogP contribution in [0, 0.1) is 0 Å². The van der Waals surface area contributed by atoms with Crippen LogP contribution in [-0.4, -0.2) is 17.2 Å². The first-order chi connectivity index (χ1) is 9.55. The molecule has 0 amide bonds. The second-order valence-corrected chi connectivity index (χ2v) is 4.59. The number of benzene rings is 1. The number of pyridine rings is 1. The second-order valence-electron chi connectivity index (χ2n) is 4.59. The van der Waals surface area contributed by atoms with Crippen molar-refractivity contribution in [3.8, 4) is 0 Å². The Labute approximate surface area is 114 Å². The van der Waals surface area contributed by atoms with Crippen LogP contribution in [0.3, 0.4) is 0 Å². The molecule has 0 radical (unpaired) electrons. The molecule has 1 aromatic heterocycles. The van der Waals surface area contributed by atoms with Gasteiger partial charge in [-0.25, -0.2) is 0 Å². The fraction of sp³-hybridized carbons (Fsp3) is 0.200. The standard InChI is InChI=1S/C15H11F3N2/c16-15(17,18)12-3-1-10(2-4-12)14-13-6-7-19-9-11(13)5-8-20-14/h1-4,6-7,9H,5,8H2. The lowest BCUT2D eigenvalue weighted by atomic mass is 9.94. The molecular weight excluding hydrogens is 265 g/mol. The van der Waals surface area contributed by atoms with Crippen molar-refractivity contribution in [2.75, 3.05) is 6.54 Å². The van der Waals surface area contributed by atoms with E-state index in [9.17, 15) is 13.2 Å². The lowest BCUT2D eigenvalue weighted by molar-refractivity contribution is -0.137. The molecule has 0 N–H and O–H groups in total. The van der Waals surface area contributed by atoms with Gasteiger partial charge in [-0.1, -0.05) is 12.1 Å². The first-order valence-electron chi connectivity index (χ1n) is 6.21. The minimum atomic E-state index is -4.31. The van der Waals surface area contributed by atoms with E-state index in [1.807, 2.05) is 6.07 Å². The zero-order chi connectivity index (χ0) is 14.2. The van der Waals surface area contributed by atoms with Crippen LogP contribution in [0.1, 0.15) is 22.3 Å². The van der Waals surface area contributed by atoms with E-state index in [0.29, 0.717) is 12.1 Å². The van der Waals surface area contributed by atoms with Crippen molar-refractivity contribution in [2.24, 2.45) is 4.99 Å². The Hall–Kier alpha value is -2.17. The zero-order valence-corrected chi connectivity index (χ0v) is 10.5. The molecule has 2 aromatic rings. The molecule has 0 aliphatic carbocycles. The number of alkyl halides is 3. The number of aliphatic imine (C=N–C) groups is 1. The lowest BCUT2D eigenvalue weighted by Gasteiger charge is -2.17.